The lowest BCUT2D eigenvalue weighted by atomic mass is 9.95. The number of nitrogens with one attached hydrogen (secondary N) is 1. The zero-order chi connectivity index (χ0) is 19.4. The Morgan fingerprint density at radius 2 is 2.15 bits per heavy atom. The standard InChI is InChI=1S/C23H29N3O/c1-6-11-24-14-20(18-8-9-18)21-13-15(3)23(27-7-2)22(26-21)19-10-12-25-17(5)16(19)4/h10-13,18,20,24H,1,7-9,14H2,2-5H3. The van der Waals surface area contributed by atoms with Crippen molar-refractivity contribution in [2.45, 2.75) is 46.5 Å². The van der Waals surface area contributed by atoms with Gasteiger partial charge in [-0.15, -0.1) is 5.73 Å². The summed E-state index contributed by atoms with van der Waals surface area (Å²) in [6.07, 6.45) is 6.17. The second-order valence-electron chi connectivity index (χ2n) is 7.24. The van der Waals surface area contributed by atoms with Crippen molar-refractivity contribution in [1.29, 1.82) is 0 Å². The van der Waals surface area contributed by atoms with Gasteiger partial charge in [0.2, 0.25) is 0 Å². The molecule has 0 aliphatic heterocycles. The highest BCUT2D eigenvalue weighted by atomic mass is 16.5. The lowest BCUT2D eigenvalue weighted by Gasteiger charge is -2.21. The minimum atomic E-state index is 0.381. The molecule has 1 aliphatic carbocycles. The molecule has 3 rings (SSSR count). The van der Waals surface area contributed by atoms with Gasteiger partial charge in [0.05, 0.1) is 6.61 Å². The van der Waals surface area contributed by atoms with E-state index in [1.165, 1.54) is 12.8 Å². The summed E-state index contributed by atoms with van der Waals surface area (Å²) in [5.74, 6) is 1.95. The molecular formula is C23H29N3O. The highest BCUT2D eigenvalue weighted by Gasteiger charge is 2.33. The van der Waals surface area contributed by atoms with Gasteiger partial charge in [0, 0.05) is 41.8 Å². The molecule has 1 saturated carbocycles. The Kier molecular flexibility index (Phi) is 5.98. The van der Waals surface area contributed by atoms with Crippen molar-refractivity contribution in [3.05, 3.63) is 59.4 Å². The first-order valence-electron chi connectivity index (χ1n) is 9.71. The van der Waals surface area contributed by atoms with Crippen molar-refractivity contribution in [3.8, 4) is 17.0 Å². The number of ether oxygens (including phenoxy) is 1. The third kappa shape index (κ3) is 4.23. The van der Waals surface area contributed by atoms with Gasteiger partial charge >= 0.3 is 0 Å². The lowest BCUT2D eigenvalue weighted by molar-refractivity contribution is 0.337. The predicted molar refractivity (Wildman–Crippen MR) is 110 cm³/mol. The van der Waals surface area contributed by atoms with Gasteiger partial charge in [0.15, 0.2) is 0 Å². The van der Waals surface area contributed by atoms with Crippen LogP contribution in [0.25, 0.3) is 11.3 Å². The Hall–Kier alpha value is -2.58. The molecule has 0 amide bonds. The van der Waals surface area contributed by atoms with Crippen LogP contribution in [-0.4, -0.2) is 23.1 Å². The molecule has 2 heterocycles. The molecule has 4 nitrogen and oxygen atoms in total. The van der Waals surface area contributed by atoms with E-state index in [0.29, 0.717) is 18.4 Å². The van der Waals surface area contributed by atoms with Gasteiger partial charge in [-0.1, -0.05) is 6.58 Å². The Bertz CT molecular complexity index is 864. The lowest BCUT2D eigenvalue weighted by Crippen LogP contribution is -2.19. The summed E-state index contributed by atoms with van der Waals surface area (Å²) in [6.45, 7) is 13.4. The molecule has 1 fully saturated rings. The number of hydrogen-bond acceptors (Lipinski definition) is 4. The predicted octanol–water partition coefficient (Wildman–Crippen LogP) is 4.85. The minimum absolute atomic E-state index is 0.381. The van der Waals surface area contributed by atoms with Gasteiger partial charge in [-0.05, 0) is 69.7 Å². The van der Waals surface area contributed by atoms with Crippen LogP contribution in [0.15, 0.2) is 36.8 Å². The summed E-state index contributed by atoms with van der Waals surface area (Å²) in [4.78, 5) is 9.53. The SMILES string of the molecule is C=C=CNCC(c1cc(C)c(OCC)c(-c2ccnc(C)c2C)n1)C1CC1. The normalized spacial score (nSPS) is 14.4. The van der Waals surface area contributed by atoms with E-state index in [9.17, 15) is 0 Å². The van der Waals surface area contributed by atoms with Crippen LogP contribution >= 0.6 is 0 Å². The summed E-state index contributed by atoms with van der Waals surface area (Å²) in [6, 6.07) is 4.24. The first kappa shape index (κ1) is 19.2. The monoisotopic (exact) mass is 363 g/mol. The Balaban J connectivity index is 2.10. The average Bonchev–Trinajstić information content (AvgIpc) is 3.48. The average molecular weight is 364 g/mol. The number of aromatic nitrogens is 2. The third-order valence-corrected chi connectivity index (χ3v) is 5.29. The molecular weight excluding hydrogens is 334 g/mol. The van der Waals surface area contributed by atoms with Gasteiger partial charge in [-0.3, -0.25) is 4.98 Å². The molecule has 0 spiro atoms. The zero-order valence-corrected chi connectivity index (χ0v) is 16.8. The van der Waals surface area contributed by atoms with Crippen LogP contribution in [-0.2, 0) is 0 Å². The summed E-state index contributed by atoms with van der Waals surface area (Å²) in [5.41, 5.74) is 9.26. The van der Waals surface area contributed by atoms with Gasteiger partial charge in [-0.25, -0.2) is 4.98 Å². The maximum Gasteiger partial charge on any atom is 0.148 e. The summed E-state index contributed by atoms with van der Waals surface area (Å²) >= 11 is 0. The molecule has 0 bridgehead atoms. The van der Waals surface area contributed by atoms with Crippen LogP contribution in [0.1, 0.15) is 48.2 Å². The fourth-order valence-corrected chi connectivity index (χ4v) is 3.55. The van der Waals surface area contributed by atoms with Crippen LogP contribution < -0.4 is 10.1 Å². The van der Waals surface area contributed by atoms with Crippen LogP contribution in [0.4, 0.5) is 0 Å². The van der Waals surface area contributed by atoms with Crippen LogP contribution in [0.3, 0.4) is 0 Å². The van der Waals surface area contributed by atoms with Gasteiger partial charge in [0.25, 0.3) is 0 Å². The maximum absolute atomic E-state index is 6.00. The number of hydrogen-bond donors (Lipinski definition) is 1. The molecule has 1 aliphatic rings. The number of pyridine rings is 2. The Morgan fingerprint density at radius 3 is 2.81 bits per heavy atom. The molecule has 2 aromatic heterocycles. The molecule has 142 valence electrons. The van der Waals surface area contributed by atoms with E-state index < -0.39 is 0 Å². The third-order valence-electron chi connectivity index (χ3n) is 5.29. The van der Waals surface area contributed by atoms with E-state index in [2.05, 4.69) is 42.5 Å². The maximum atomic E-state index is 6.00. The minimum Gasteiger partial charge on any atom is -0.491 e. The smallest absolute Gasteiger partial charge is 0.148 e. The topological polar surface area (TPSA) is 47.0 Å². The molecule has 27 heavy (non-hydrogen) atoms. The van der Waals surface area contributed by atoms with Crippen molar-refractivity contribution < 1.29 is 4.74 Å². The van der Waals surface area contributed by atoms with Gasteiger partial charge in [-0.2, -0.15) is 0 Å². The first-order valence-corrected chi connectivity index (χ1v) is 9.71. The summed E-state index contributed by atoms with van der Waals surface area (Å²) in [7, 11) is 0. The highest BCUT2D eigenvalue weighted by molar-refractivity contribution is 5.71. The number of rotatable bonds is 8. The quantitative estimate of drug-likeness (QED) is 0.681. The van der Waals surface area contributed by atoms with E-state index >= 15 is 0 Å². The van der Waals surface area contributed by atoms with E-state index in [1.54, 1.807) is 6.20 Å². The molecule has 1 unspecified atom stereocenters. The van der Waals surface area contributed by atoms with Crippen molar-refractivity contribution >= 4 is 0 Å². The van der Waals surface area contributed by atoms with E-state index in [0.717, 1.165) is 46.1 Å². The molecule has 0 aromatic carbocycles. The Labute approximate surface area is 162 Å². The largest absolute Gasteiger partial charge is 0.491 e. The fraction of sp³-hybridized carbons (Fsp3) is 0.435. The summed E-state index contributed by atoms with van der Waals surface area (Å²) in [5, 5.41) is 3.31. The second kappa shape index (κ2) is 8.41. The Morgan fingerprint density at radius 1 is 1.37 bits per heavy atom. The fourth-order valence-electron chi connectivity index (χ4n) is 3.55. The second-order valence-corrected chi connectivity index (χ2v) is 7.24. The first-order chi connectivity index (χ1) is 13.1. The van der Waals surface area contributed by atoms with E-state index in [-0.39, 0.29) is 0 Å². The number of nitrogens with zero attached hydrogens (tertiary/aromatic N) is 2. The molecule has 4 heteroatoms. The van der Waals surface area contributed by atoms with E-state index in [1.807, 2.05) is 26.1 Å². The van der Waals surface area contributed by atoms with E-state index in [4.69, 9.17) is 9.72 Å². The highest BCUT2D eigenvalue weighted by Crippen LogP contribution is 2.44. The molecule has 2 aromatic rings. The van der Waals surface area contributed by atoms with Crippen LogP contribution in [0, 0.1) is 26.7 Å². The van der Waals surface area contributed by atoms with Crippen molar-refractivity contribution in [2.75, 3.05) is 13.2 Å². The molecule has 0 radical (unpaired) electrons. The van der Waals surface area contributed by atoms with Crippen molar-refractivity contribution in [1.82, 2.24) is 15.3 Å². The van der Waals surface area contributed by atoms with Crippen LogP contribution in [0.5, 0.6) is 5.75 Å². The zero-order valence-electron chi connectivity index (χ0n) is 16.8. The van der Waals surface area contributed by atoms with Crippen molar-refractivity contribution in [2.24, 2.45) is 5.92 Å². The molecule has 1 N–H and O–H groups in total. The summed E-state index contributed by atoms with van der Waals surface area (Å²) < 4.78 is 6.00. The number of aryl methyl sites for hydroxylation is 2. The molecule has 0 saturated heterocycles. The van der Waals surface area contributed by atoms with Gasteiger partial charge < -0.3 is 10.1 Å². The van der Waals surface area contributed by atoms with Gasteiger partial charge in [0.1, 0.15) is 11.4 Å². The van der Waals surface area contributed by atoms with Crippen molar-refractivity contribution in [3.63, 3.8) is 0 Å². The molecule has 1 atom stereocenters. The van der Waals surface area contributed by atoms with Crippen LogP contribution in [0.2, 0.25) is 0 Å².